The lowest BCUT2D eigenvalue weighted by Gasteiger charge is -2.30. The van der Waals surface area contributed by atoms with Crippen molar-refractivity contribution in [1.29, 1.82) is 0 Å². The monoisotopic (exact) mass is 204 g/mol. The van der Waals surface area contributed by atoms with Gasteiger partial charge in [0.1, 0.15) is 5.82 Å². The predicted octanol–water partition coefficient (Wildman–Crippen LogP) is 2.23. The molecule has 0 amide bonds. The van der Waals surface area contributed by atoms with Crippen LogP contribution in [0.3, 0.4) is 0 Å². The minimum atomic E-state index is 0.353. The molecule has 0 atom stereocenters. The zero-order chi connectivity index (χ0) is 10.7. The first-order valence-corrected chi connectivity index (χ1v) is 5.63. The van der Waals surface area contributed by atoms with Gasteiger partial charge in [-0.25, -0.2) is 4.98 Å². The second-order valence-corrected chi connectivity index (χ2v) is 4.51. The van der Waals surface area contributed by atoms with Crippen LogP contribution in [0.1, 0.15) is 25.3 Å². The molecule has 1 aliphatic heterocycles. The number of nitrogens with zero attached hydrogens (tertiary/aromatic N) is 2. The van der Waals surface area contributed by atoms with Gasteiger partial charge in [0.15, 0.2) is 0 Å². The Morgan fingerprint density at radius 2 is 2.13 bits per heavy atom. The second kappa shape index (κ2) is 4.62. The van der Waals surface area contributed by atoms with Gasteiger partial charge in [-0.05, 0) is 43.5 Å². The Morgan fingerprint density at radius 3 is 2.73 bits per heavy atom. The molecule has 1 radical (unpaired) electrons. The van der Waals surface area contributed by atoms with Gasteiger partial charge in [0, 0.05) is 12.7 Å². The summed E-state index contributed by atoms with van der Waals surface area (Å²) in [5.74, 6) is 1.24. The lowest BCUT2D eigenvalue weighted by atomic mass is 9.99. The molecule has 15 heavy (non-hydrogen) atoms. The maximum atomic E-state index is 7.31. The molecule has 1 saturated heterocycles. The molecule has 0 unspecified atom stereocenters. The first-order chi connectivity index (χ1) is 7.24. The van der Waals surface area contributed by atoms with Crippen molar-refractivity contribution in [2.45, 2.75) is 26.3 Å². The zero-order valence-electron chi connectivity index (χ0n) is 9.24. The van der Waals surface area contributed by atoms with Crippen LogP contribution in [-0.2, 0) is 6.54 Å². The Balaban J connectivity index is 1.89. The van der Waals surface area contributed by atoms with Gasteiger partial charge in [0.25, 0.3) is 0 Å². The van der Waals surface area contributed by atoms with Crippen molar-refractivity contribution in [2.24, 2.45) is 5.92 Å². The summed E-state index contributed by atoms with van der Waals surface area (Å²) >= 11 is 0. The third-order valence-electron chi connectivity index (χ3n) is 3.11. The minimum Gasteiger partial charge on any atom is -0.299 e. The summed E-state index contributed by atoms with van der Waals surface area (Å²) in [7, 11) is 0. The highest BCUT2D eigenvalue weighted by atomic mass is 15.1. The van der Waals surface area contributed by atoms with Crippen LogP contribution < -0.4 is 5.73 Å². The van der Waals surface area contributed by atoms with E-state index in [0.717, 1.165) is 12.5 Å². The summed E-state index contributed by atoms with van der Waals surface area (Å²) < 4.78 is 0. The van der Waals surface area contributed by atoms with Crippen molar-refractivity contribution in [1.82, 2.24) is 15.6 Å². The van der Waals surface area contributed by atoms with Crippen molar-refractivity contribution in [3.63, 3.8) is 0 Å². The highest BCUT2D eigenvalue weighted by Gasteiger charge is 2.15. The van der Waals surface area contributed by atoms with E-state index in [1.165, 1.54) is 31.5 Å². The van der Waals surface area contributed by atoms with Crippen molar-refractivity contribution in [3.8, 4) is 0 Å². The molecule has 0 bridgehead atoms. The molecule has 2 heterocycles. The Labute approximate surface area is 91.3 Å². The van der Waals surface area contributed by atoms with Gasteiger partial charge in [-0.1, -0.05) is 13.0 Å². The fourth-order valence-corrected chi connectivity index (χ4v) is 2.00. The van der Waals surface area contributed by atoms with Crippen LogP contribution in [0, 0.1) is 5.92 Å². The first kappa shape index (κ1) is 10.4. The van der Waals surface area contributed by atoms with Crippen molar-refractivity contribution in [2.75, 3.05) is 13.1 Å². The molecule has 1 aliphatic rings. The third-order valence-corrected chi connectivity index (χ3v) is 3.11. The van der Waals surface area contributed by atoms with Gasteiger partial charge in [-0.3, -0.25) is 10.6 Å². The Bertz CT molecular complexity index is 299. The molecule has 1 N–H and O–H groups in total. The summed E-state index contributed by atoms with van der Waals surface area (Å²) in [6.45, 7) is 5.71. The third kappa shape index (κ3) is 2.93. The lowest BCUT2D eigenvalue weighted by molar-refractivity contribution is 0.185. The summed E-state index contributed by atoms with van der Waals surface area (Å²) in [6, 6.07) is 3.77. The number of hydrogen-bond donors (Lipinski definition) is 0. The summed E-state index contributed by atoms with van der Waals surface area (Å²) in [5.41, 5.74) is 8.54. The Hall–Kier alpha value is -1.09. The SMILES string of the molecule is CC1CCN(Cc2ccc([NH])nc2)CC1. The van der Waals surface area contributed by atoms with E-state index >= 15 is 0 Å². The maximum Gasteiger partial charge on any atom is 0.144 e. The number of piperidine rings is 1. The summed E-state index contributed by atoms with van der Waals surface area (Å²) in [4.78, 5) is 6.47. The molecule has 0 spiro atoms. The first-order valence-electron chi connectivity index (χ1n) is 5.63. The molecular formula is C12H18N3. The Kier molecular flexibility index (Phi) is 3.21. The second-order valence-electron chi connectivity index (χ2n) is 4.51. The average Bonchev–Trinajstić information content (AvgIpc) is 2.25. The smallest absolute Gasteiger partial charge is 0.144 e. The van der Waals surface area contributed by atoms with E-state index in [9.17, 15) is 0 Å². The van der Waals surface area contributed by atoms with Crippen molar-refractivity contribution in [3.05, 3.63) is 23.9 Å². The quantitative estimate of drug-likeness (QED) is 0.741. The van der Waals surface area contributed by atoms with Gasteiger partial charge in [0.2, 0.25) is 0 Å². The maximum absolute atomic E-state index is 7.31. The number of pyridine rings is 1. The van der Waals surface area contributed by atoms with Crippen molar-refractivity contribution < 1.29 is 0 Å². The van der Waals surface area contributed by atoms with E-state index in [-0.39, 0.29) is 0 Å². The fourth-order valence-electron chi connectivity index (χ4n) is 2.00. The molecule has 3 nitrogen and oxygen atoms in total. The average molecular weight is 204 g/mol. The highest BCUT2D eigenvalue weighted by Crippen LogP contribution is 2.17. The predicted molar refractivity (Wildman–Crippen MR) is 60.7 cm³/mol. The topological polar surface area (TPSA) is 39.9 Å². The standard InChI is InChI=1S/C12H18N3/c1-10-4-6-15(7-5-10)9-11-2-3-12(13)14-8-11/h2-3,8,10,13H,4-7,9H2,1H3. The van der Waals surface area contributed by atoms with E-state index < -0.39 is 0 Å². The van der Waals surface area contributed by atoms with E-state index in [1.807, 2.05) is 12.3 Å². The normalized spacial score (nSPS) is 19.3. The van der Waals surface area contributed by atoms with Crippen LogP contribution in [0.2, 0.25) is 0 Å². The number of hydrogen-bond acceptors (Lipinski definition) is 2. The molecular weight excluding hydrogens is 186 g/mol. The van der Waals surface area contributed by atoms with Gasteiger partial charge < -0.3 is 0 Å². The van der Waals surface area contributed by atoms with Crippen LogP contribution in [0.25, 0.3) is 0 Å². The van der Waals surface area contributed by atoms with Crippen LogP contribution in [0.5, 0.6) is 0 Å². The molecule has 81 valence electrons. The molecule has 1 aromatic heterocycles. The number of likely N-dealkylation sites (tertiary alicyclic amines) is 1. The molecule has 0 aliphatic carbocycles. The van der Waals surface area contributed by atoms with E-state index in [2.05, 4.69) is 16.8 Å². The molecule has 1 fully saturated rings. The van der Waals surface area contributed by atoms with E-state index in [0.29, 0.717) is 5.82 Å². The van der Waals surface area contributed by atoms with Crippen molar-refractivity contribution >= 4 is 5.82 Å². The molecule has 1 aromatic rings. The molecule has 3 heteroatoms. The van der Waals surface area contributed by atoms with Gasteiger partial charge in [-0.2, -0.15) is 0 Å². The number of nitrogens with one attached hydrogen (secondary N) is 1. The lowest BCUT2D eigenvalue weighted by Crippen LogP contribution is -2.32. The van der Waals surface area contributed by atoms with E-state index in [1.54, 1.807) is 6.07 Å². The number of rotatable bonds is 2. The Morgan fingerprint density at radius 1 is 1.40 bits per heavy atom. The minimum absolute atomic E-state index is 0.353. The number of aromatic nitrogens is 1. The highest BCUT2D eigenvalue weighted by molar-refractivity contribution is 5.25. The van der Waals surface area contributed by atoms with E-state index in [4.69, 9.17) is 5.73 Å². The van der Waals surface area contributed by atoms with Crippen LogP contribution in [0.4, 0.5) is 5.82 Å². The zero-order valence-corrected chi connectivity index (χ0v) is 9.24. The van der Waals surface area contributed by atoms with Gasteiger partial charge in [0.05, 0.1) is 0 Å². The summed E-state index contributed by atoms with van der Waals surface area (Å²) in [6.07, 6.45) is 4.44. The van der Waals surface area contributed by atoms with Gasteiger partial charge in [-0.15, -0.1) is 0 Å². The van der Waals surface area contributed by atoms with Crippen LogP contribution >= 0.6 is 0 Å². The molecule has 0 aromatic carbocycles. The van der Waals surface area contributed by atoms with Crippen LogP contribution in [0.15, 0.2) is 18.3 Å². The molecule has 0 saturated carbocycles. The largest absolute Gasteiger partial charge is 0.299 e. The van der Waals surface area contributed by atoms with Gasteiger partial charge >= 0.3 is 0 Å². The molecule has 2 rings (SSSR count). The fraction of sp³-hybridized carbons (Fsp3) is 0.583. The summed E-state index contributed by atoms with van der Waals surface area (Å²) in [5, 5.41) is 0. The van der Waals surface area contributed by atoms with Crippen LogP contribution in [-0.4, -0.2) is 23.0 Å².